The van der Waals surface area contributed by atoms with Gasteiger partial charge in [0.1, 0.15) is 11.3 Å². The number of aromatic nitrogens is 2. The average Bonchev–Trinajstić information content (AvgIpc) is 2.43. The number of nitrogens with one attached hydrogen (secondary N) is 1. The summed E-state index contributed by atoms with van der Waals surface area (Å²) in [6.45, 7) is 5.76. The number of rotatable bonds is 7. The Morgan fingerprint density at radius 1 is 1.32 bits per heavy atom. The molecule has 0 aliphatic carbocycles. The molecule has 1 amide bonds. The van der Waals surface area contributed by atoms with E-state index < -0.39 is 11.7 Å². The van der Waals surface area contributed by atoms with Gasteiger partial charge in [0.2, 0.25) is 0 Å². The van der Waals surface area contributed by atoms with Crippen LogP contribution >= 0.6 is 0 Å². The summed E-state index contributed by atoms with van der Waals surface area (Å²) in [5.41, 5.74) is -0.318. The van der Waals surface area contributed by atoms with Crippen molar-refractivity contribution in [2.24, 2.45) is 0 Å². The van der Waals surface area contributed by atoms with Crippen molar-refractivity contribution in [2.45, 2.75) is 45.3 Å². The second-order valence-electron chi connectivity index (χ2n) is 5.84. The Kier molecular flexibility index (Phi) is 6.91. The third-order valence-electron chi connectivity index (χ3n) is 2.67. The van der Waals surface area contributed by atoms with Gasteiger partial charge in [-0.1, -0.05) is 0 Å². The van der Waals surface area contributed by atoms with E-state index in [0.29, 0.717) is 13.0 Å². The predicted molar refractivity (Wildman–Crippen MR) is 80.6 cm³/mol. The van der Waals surface area contributed by atoms with E-state index in [4.69, 9.17) is 9.47 Å². The van der Waals surface area contributed by atoms with Crippen LogP contribution in [0.3, 0.4) is 0 Å². The average molecular weight is 309 g/mol. The van der Waals surface area contributed by atoms with E-state index in [1.807, 2.05) is 0 Å². The molecule has 1 rings (SSSR count). The lowest BCUT2D eigenvalue weighted by Crippen LogP contribution is -2.40. The van der Waals surface area contributed by atoms with Crippen LogP contribution in [0.25, 0.3) is 0 Å². The van der Waals surface area contributed by atoms with E-state index in [-0.39, 0.29) is 23.9 Å². The van der Waals surface area contributed by atoms with Gasteiger partial charge in [-0.2, -0.15) is 0 Å². The Hall–Kier alpha value is -2.02. The Morgan fingerprint density at radius 2 is 2.05 bits per heavy atom. The van der Waals surface area contributed by atoms with Gasteiger partial charge < -0.3 is 14.8 Å². The Labute approximate surface area is 130 Å². The van der Waals surface area contributed by atoms with E-state index in [0.717, 1.165) is 0 Å². The van der Waals surface area contributed by atoms with Crippen LogP contribution in [0.1, 0.15) is 44.1 Å². The van der Waals surface area contributed by atoms with Crippen molar-refractivity contribution in [3.63, 3.8) is 0 Å². The van der Waals surface area contributed by atoms with Crippen LogP contribution in [-0.4, -0.2) is 47.2 Å². The number of alkyl carbamates (subject to hydrolysis) is 1. The van der Waals surface area contributed by atoms with Gasteiger partial charge in [0.05, 0.1) is 6.20 Å². The van der Waals surface area contributed by atoms with Gasteiger partial charge >= 0.3 is 6.09 Å². The summed E-state index contributed by atoms with van der Waals surface area (Å²) in [7, 11) is 1.56. The summed E-state index contributed by atoms with van der Waals surface area (Å²) >= 11 is 0. The van der Waals surface area contributed by atoms with Crippen LogP contribution in [0.2, 0.25) is 0 Å². The molecule has 1 aromatic heterocycles. The maximum atomic E-state index is 12.1. The van der Waals surface area contributed by atoms with E-state index in [1.54, 1.807) is 27.9 Å². The summed E-state index contributed by atoms with van der Waals surface area (Å²) < 4.78 is 10.2. The molecule has 122 valence electrons. The topological polar surface area (TPSA) is 90.4 Å². The number of Topliss-reactive ketones (excluding diaryl/α,β-unsaturated/α-hetero) is 1. The summed E-state index contributed by atoms with van der Waals surface area (Å²) in [6, 6.07) is -0.385. The molecule has 1 atom stereocenters. The number of nitrogens with zero attached hydrogens (tertiary/aromatic N) is 2. The van der Waals surface area contributed by atoms with Crippen molar-refractivity contribution in [3.8, 4) is 0 Å². The molecule has 7 heteroatoms. The van der Waals surface area contributed by atoms with Gasteiger partial charge in [-0.3, -0.25) is 9.78 Å². The molecule has 0 spiro atoms. The largest absolute Gasteiger partial charge is 0.444 e. The second-order valence-corrected chi connectivity index (χ2v) is 5.84. The van der Waals surface area contributed by atoms with Crippen LogP contribution in [0.15, 0.2) is 18.6 Å². The zero-order chi connectivity index (χ0) is 16.6. The van der Waals surface area contributed by atoms with Gasteiger partial charge in [0.15, 0.2) is 5.78 Å². The zero-order valence-electron chi connectivity index (χ0n) is 13.5. The second kappa shape index (κ2) is 8.43. The first-order valence-electron chi connectivity index (χ1n) is 7.09. The minimum absolute atomic E-state index is 0.112. The molecule has 1 heterocycles. The quantitative estimate of drug-likeness (QED) is 0.774. The molecule has 0 fully saturated rings. The normalized spacial score (nSPS) is 12.5. The van der Waals surface area contributed by atoms with Crippen molar-refractivity contribution in [2.75, 3.05) is 13.7 Å². The molecule has 22 heavy (non-hydrogen) atoms. The van der Waals surface area contributed by atoms with Gasteiger partial charge in [0.25, 0.3) is 0 Å². The number of amides is 1. The lowest BCUT2D eigenvalue weighted by Gasteiger charge is -2.23. The molecule has 0 aliphatic rings. The highest BCUT2D eigenvalue weighted by molar-refractivity contribution is 5.94. The van der Waals surface area contributed by atoms with Gasteiger partial charge in [-0.25, -0.2) is 9.78 Å². The standard InChI is InChI=1S/C15H23N3O4/c1-15(2,3)22-14(20)18-11(5-8-21-4)9-13(19)12-10-16-6-7-17-12/h6-7,10-11H,5,8-9H2,1-4H3,(H,18,20). The minimum atomic E-state index is -0.592. The number of ketones is 1. The molecule has 0 saturated heterocycles. The highest BCUT2D eigenvalue weighted by Crippen LogP contribution is 2.09. The lowest BCUT2D eigenvalue weighted by molar-refractivity contribution is 0.0490. The SMILES string of the molecule is COCCC(CC(=O)c1cnccn1)NC(=O)OC(C)(C)C. The first kappa shape index (κ1) is 18.0. The number of hydrogen-bond donors (Lipinski definition) is 1. The summed E-state index contributed by atoms with van der Waals surface area (Å²) in [4.78, 5) is 31.8. The monoisotopic (exact) mass is 309 g/mol. The Balaban J connectivity index is 2.64. The minimum Gasteiger partial charge on any atom is -0.444 e. The maximum absolute atomic E-state index is 12.1. The molecule has 1 unspecified atom stereocenters. The number of methoxy groups -OCH3 is 1. The van der Waals surface area contributed by atoms with Crippen molar-refractivity contribution < 1.29 is 19.1 Å². The molecule has 1 N–H and O–H groups in total. The first-order chi connectivity index (χ1) is 10.3. The number of carbonyl (C=O) groups is 2. The van der Waals surface area contributed by atoms with Crippen molar-refractivity contribution >= 4 is 11.9 Å². The highest BCUT2D eigenvalue weighted by atomic mass is 16.6. The van der Waals surface area contributed by atoms with Crippen molar-refractivity contribution in [1.82, 2.24) is 15.3 Å². The van der Waals surface area contributed by atoms with Crippen LogP contribution in [0.5, 0.6) is 0 Å². The maximum Gasteiger partial charge on any atom is 0.407 e. The predicted octanol–water partition coefficient (Wildman–Crippen LogP) is 1.98. The molecule has 0 aliphatic heterocycles. The molecule has 0 radical (unpaired) electrons. The number of ether oxygens (including phenoxy) is 2. The molecule has 7 nitrogen and oxygen atoms in total. The van der Waals surface area contributed by atoms with E-state index >= 15 is 0 Å². The first-order valence-corrected chi connectivity index (χ1v) is 7.09. The number of hydrogen-bond acceptors (Lipinski definition) is 6. The van der Waals surface area contributed by atoms with Gasteiger partial charge in [0, 0.05) is 38.6 Å². The van der Waals surface area contributed by atoms with Crippen LogP contribution in [0.4, 0.5) is 4.79 Å². The fraction of sp³-hybridized carbons (Fsp3) is 0.600. The zero-order valence-corrected chi connectivity index (χ0v) is 13.5. The third kappa shape index (κ3) is 7.12. The Morgan fingerprint density at radius 3 is 2.59 bits per heavy atom. The fourth-order valence-corrected chi connectivity index (χ4v) is 1.73. The van der Waals surface area contributed by atoms with Crippen molar-refractivity contribution in [1.29, 1.82) is 0 Å². The van der Waals surface area contributed by atoms with Crippen LogP contribution < -0.4 is 5.32 Å². The van der Waals surface area contributed by atoms with Gasteiger partial charge in [-0.15, -0.1) is 0 Å². The Bertz CT molecular complexity index is 485. The smallest absolute Gasteiger partial charge is 0.407 e. The van der Waals surface area contributed by atoms with Gasteiger partial charge in [-0.05, 0) is 27.2 Å². The van der Waals surface area contributed by atoms with Crippen molar-refractivity contribution in [3.05, 3.63) is 24.3 Å². The number of carbonyl (C=O) groups excluding carboxylic acids is 2. The fourth-order valence-electron chi connectivity index (χ4n) is 1.73. The molecule has 0 aromatic carbocycles. The van der Waals surface area contributed by atoms with Crippen LogP contribution in [0, 0.1) is 0 Å². The molecule has 1 aromatic rings. The highest BCUT2D eigenvalue weighted by Gasteiger charge is 2.22. The summed E-state index contributed by atoms with van der Waals surface area (Å²) in [5, 5.41) is 2.70. The van der Waals surface area contributed by atoms with E-state index in [1.165, 1.54) is 18.6 Å². The molecular formula is C15H23N3O4. The lowest BCUT2D eigenvalue weighted by atomic mass is 10.1. The summed E-state index contributed by atoms with van der Waals surface area (Å²) in [6.07, 6.45) is 4.42. The van der Waals surface area contributed by atoms with E-state index in [9.17, 15) is 9.59 Å². The third-order valence-corrected chi connectivity index (χ3v) is 2.67. The van der Waals surface area contributed by atoms with E-state index in [2.05, 4.69) is 15.3 Å². The summed E-state index contributed by atoms with van der Waals surface area (Å²) in [5.74, 6) is -0.190. The molecular weight excluding hydrogens is 286 g/mol. The van der Waals surface area contributed by atoms with Crippen LogP contribution in [-0.2, 0) is 9.47 Å². The molecule has 0 bridgehead atoms. The molecule has 0 saturated carbocycles.